The number of aliphatic carboxylic acids is 1. The lowest BCUT2D eigenvalue weighted by Gasteiger charge is -2.28. The number of hydrogen-bond acceptors (Lipinski definition) is 6. The maximum atomic E-state index is 12.4. The molecule has 0 heterocycles. The predicted octanol–water partition coefficient (Wildman–Crippen LogP) is 1.26. The highest BCUT2D eigenvalue weighted by Gasteiger charge is 2.31. The van der Waals surface area contributed by atoms with Crippen molar-refractivity contribution in [1.82, 2.24) is 0 Å². The topological polar surface area (TPSA) is 122 Å². The SMILES string of the molecule is CCOc1ccc(NC(=O)[C@@H]2CC=CC[C@@H]2C(=O)[O-])c([N+](=O)[O-])c1. The van der Waals surface area contributed by atoms with Crippen molar-refractivity contribution >= 4 is 23.3 Å². The first kappa shape index (κ1) is 17.5. The average Bonchev–Trinajstić information content (AvgIpc) is 2.56. The summed E-state index contributed by atoms with van der Waals surface area (Å²) in [6.07, 6.45) is 3.85. The van der Waals surface area contributed by atoms with Crippen LogP contribution in [0.2, 0.25) is 0 Å². The van der Waals surface area contributed by atoms with Gasteiger partial charge in [0.05, 0.1) is 23.5 Å². The monoisotopic (exact) mass is 333 g/mol. The summed E-state index contributed by atoms with van der Waals surface area (Å²) in [6.45, 7) is 2.10. The standard InChI is InChI=1S/C16H18N2O6/c1-2-24-10-7-8-13(14(9-10)18(22)23)17-15(19)11-5-3-4-6-12(11)16(20)21/h3-4,7-9,11-12H,2,5-6H2,1H3,(H,17,19)(H,20,21)/p-1/t11-,12+/m1/s1. The first-order valence-corrected chi connectivity index (χ1v) is 7.52. The summed E-state index contributed by atoms with van der Waals surface area (Å²) in [5.74, 6) is -3.35. The van der Waals surface area contributed by atoms with Crippen molar-refractivity contribution in [1.29, 1.82) is 0 Å². The number of nitro groups is 1. The van der Waals surface area contributed by atoms with E-state index in [4.69, 9.17) is 4.74 Å². The van der Waals surface area contributed by atoms with Crippen LogP contribution in [-0.2, 0) is 9.59 Å². The molecule has 0 radical (unpaired) electrons. The molecule has 128 valence electrons. The van der Waals surface area contributed by atoms with Crippen LogP contribution in [0.4, 0.5) is 11.4 Å². The van der Waals surface area contributed by atoms with Crippen LogP contribution in [0.25, 0.3) is 0 Å². The number of carboxylic acid groups (broad SMARTS) is 1. The van der Waals surface area contributed by atoms with Gasteiger partial charge in [0, 0.05) is 11.9 Å². The fourth-order valence-corrected chi connectivity index (χ4v) is 2.61. The van der Waals surface area contributed by atoms with Crippen molar-refractivity contribution in [2.24, 2.45) is 11.8 Å². The molecule has 0 aliphatic heterocycles. The Bertz CT molecular complexity index is 685. The third-order valence-corrected chi connectivity index (χ3v) is 3.81. The number of carboxylic acids is 1. The molecule has 8 nitrogen and oxygen atoms in total. The number of rotatable bonds is 6. The average molecular weight is 333 g/mol. The number of ether oxygens (including phenoxy) is 1. The van der Waals surface area contributed by atoms with E-state index in [1.165, 1.54) is 18.2 Å². The molecule has 0 spiro atoms. The highest BCUT2D eigenvalue weighted by Crippen LogP contribution is 2.31. The molecular weight excluding hydrogens is 316 g/mol. The fourth-order valence-electron chi connectivity index (χ4n) is 2.61. The molecule has 0 aromatic heterocycles. The molecule has 8 heteroatoms. The third-order valence-electron chi connectivity index (χ3n) is 3.81. The highest BCUT2D eigenvalue weighted by molar-refractivity contribution is 5.97. The summed E-state index contributed by atoms with van der Waals surface area (Å²) in [6, 6.07) is 4.09. The van der Waals surface area contributed by atoms with E-state index in [1.807, 2.05) is 0 Å². The quantitative estimate of drug-likeness (QED) is 0.475. The van der Waals surface area contributed by atoms with Crippen molar-refractivity contribution in [2.45, 2.75) is 19.8 Å². The molecule has 1 aromatic rings. The van der Waals surface area contributed by atoms with Gasteiger partial charge in [0.1, 0.15) is 11.4 Å². The minimum atomic E-state index is -1.30. The van der Waals surface area contributed by atoms with E-state index < -0.39 is 28.6 Å². The van der Waals surface area contributed by atoms with Crippen LogP contribution >= 0.6 is 0 Å². The van der Waals surface area contributed by atoms with Gasteiger partial charge < -0.3 is 20.0 Å². The highest BCUT2D eigenvalue weighted by atomic mass is 16.6. The zero-order valence-electron chi connectivity index (χ0n) is 13.1. The van der Waals surface area contributed by atoms with E-state index in [-0.39, 0.29) is 24.2 Å². The van der Waals surface area contributed by atoms with Gasteiger partial charge in [0.25, 0.3) is 5.69 Å². The zero-order valence-corrected chi connectivity index (χ0v) is 13.1. The predicted molar refractivity (Wildman–Crippen MR) is 83.3 cm³/mol. The number of nitrogens with one attached hydrogen (secondary N) is 1. The van der Waals surface area contributed by atoms with Crippen molar-refractivity contribution in [3.63, 3.8) is 0 Å². The van der Waals surface area contributed by atoms with Crippen molar-refractivity contribution < 1.29 is 24.4 Å². The third kappa shape index (κ3) is 3.89. The molecule has 0 fully saturated rings. The lowest BCUT2D eigenvalue weighted by molar-refractivity contribution is -0.384. The first-order valence-electron chi connectivity index (χ1n) is 7.52. The minimum absolute atomic E-state index is 0.0000964. The number of benzene rings is 1. The van der Waals surface area contributed by atoms with Crippen LogP contribution in [0, 0.1) is 22.0 Å². The second kappa shape index (κ2) is 7.58. The Morgan fingerprint density at radius 2 is 1.96 bits per heavy atom. The van der Waals surface area contributed by atoms with E-state index in [9.17, 15) is 24.8 Å². The molecule has 2 atom stereocenters. The van der Waals surface area contributed by atoms with Crippen molar-refractivity contribution in [3.05, 3.63) is 40.5 Å². The lowest BCUT2D eigenvalue weighted by Crippen LogP contribution is -2.41. The van der Waals surface area contributed by atoms with Gasteiger partial charge in [-0.25, -0.2) is 0 Å². The van der Waals surface area contributed by atoms with Gasteiger partial charge in [-0.15, -0.1) is 0 Å². The molecule has 24 heavy (non-hydrogen) atoms. The molecule has 1 amide bonds. The summed E-state index contributed by atoms with van der Waals surface area (Å²) in [7, 11) is 0. The largest absolute Gasteiger partial charge is 0.550 e. The van der Waals surface area contributed by atoms with Crippen LogP contribution in [0.1, 0.15) is 19.8 Å². The van der Waals surface area contributed by atoms with Crippen LogP contribution in [-0.4, -0.2) is 23.4 Å². The number of carbonyl (C=O) groups excluding carboxylic acids is 2. The molecule has 0 bridgehead atoms. The number of nitrogens with zero attached hydrogens (tertiary/aromatic N) is 1. The van der Waals surface area contributed by atoms with Crippen LogP contribution in [0.15, 0.2) is 30.4 Å². The Labute approximate surface area is 138 Å². The second-order valence-electron chi connectivity index (χ2n) is 5.33. The molecular formula is C16H17N2O6-. The van der Waals surface area contributed by atoms with E-state index in [2.05, 4.69) is 5.32 Å². The number of carbonyl (C=O) groups is 2. The Balaban J connectivity index is 2.23. The summed E-state index contributed by atoms with van der Waals surface area (Å²) in [5.41, 5.74) is -0.314. The smallest absolute Gasteiger partial charge is 0.296 e. The minimum Gasteiger partial charge on any atom is -0.550 e. The molecule has 1 aliphatic rings. The van der Waals surface area contributed by atoms with Gasteiger partial charge in [-0.1, -0.05) is 12.2 Å². The van der Waals surface area contributed by atoms with E-state index in [1.54, 1.807) is 19.1 Å². The van der Waals surface area contributed by atoms with Gasteiger partial charge >= 0.3 is 0 Å². The number of hydrogen-bond donors (Lipinski definition) is 1. The Hall–Kier alpha value is -2.90. The van der Waals surface area contributed by atoms with Gasteiger partial charge in [-0.05, 0) is 31.9 Å². The van der Waals surface area contributed by atoms with Gasteiger partial charge in [0.15, 0.2) is 0 Å². The summed E-state index contributed by atoms with van der Waals surface area (Å²) >= 11 is 0. The molecule has 0 saturated heterocycles. The number of amides is 1. The molecule has 0 saturated carbocycles. The Kier molecular flexibility index (Phi) is 5.51. The first-order chi connectivity index (χ1) is 11.4. The van der Waals surface area contributed by atoms with E-state index in [0.29, 0.717) is 12.4 Å². The van der Waals surface area contributed by atoms with E-state index >= 15 is 0 Å². The lowest BCUT2D eigenvalue weighted by atomic mass is 9.82. The van der Waals surface area contributed by atoms with Crippen LogP contribution < -0.4 is 15.2 Å². The van der Waals surface area contributed by atoms with Crippen molar-refractivity contribution in [3.8, 4) is 5.75 Å². The Morgan fingerprint density at radius 3 is 2.54 bits per heavy atom. The molecule has 2 rings (SSSR count). The maximum Gasteiger partial charge on any atom is 0.296 e. The van der Waals surface area contributed by atoms with Crippen LogP contribution in [0.3, 0.4) is 0 Å². The summed E-state index contributed by atoms with van der Waals surface area (Å²) in [4.78, 5) is 34.1. The van der Waals surface area contributed by atoms with Gasteiger partial charge in [-0.2, -0.15) is 0 Å². The van der Waals surface area contributed by atoms with Gasteiger partial charge in [0.2, 0.25) is 5.91 Å². The Morgan fingerprint density at radius 1 is 1.29 bits per heavy atom. The molecule has 1 aliphatic carbocycles. The fraction of sp³-hybridized carbons (Fsp3) is 0.375. The molecule has 1 aromatic carbocycles. The summed E-state index contributed by atoms with van der Waals surface area (Å²) in [5, 5.41) is 24.8. The number of nitro benzene ring substituents is 1. The van der Waals surface area contributed by atoms with Crippen molar-refractivity contribution in [2.75, 3.05) is 11.9 Å². The normalized spacial score (nSPS) is 19.5. The second-order valence-corrected chi connectivity index (χ2v) is 5.33. The zero-order chi connectivity index (χ0) is 17.7. The summed E-state index contributed by atoms with van der Waals surface area (Å²) < 4.78 is 5.21. The number of allylic oxidation sites excluding steroid dienone is 2. The maximum absolute atomic E-state index is 12.4. The number of anilines is 1. The van der Waals surface area contributed by atoms with Gasteiger partial charge in [-0.3, -0.25) is 14.9 Å². The molecule has 0 unspecified atom stereocenters. The van der Waals surface area contributed by atoms with Crippen LogP contribution in [0.5, 0.6) is 5.75 Å². The van der Waals surface area contributed by atoms with E-state index in [0.717, 1.165) is 0 Å². The molecule has 1 N–H and O–H groups in total.